The second kappa shape index (κ2) is 18.6. The number of likely N-dealkylation sites (N-methyl/N-ethyl adjacent to an activating group) is 1. The number of hydrogen-bond donors (Lipinski definition) is 9. The van der Waals surface area contributed by atoms with Gasteiger partial charge in [0.25, 0.3) is 0 Å². The predicted molar refractivity (Wildman–Crippen MR) is 246 cm³/mol. The van der Waals surface area contributed by atoms with Crippen molar-refractivity contribution in [2.45, 2.75) is 120 Å². The molecular weight excluding hydrogens is 797 g/mol. The minimum Gasteiger partial charge on any atom is -0.447 e. The number of aliphatic hydroxyl groups is 2. The maximum Gasteiger partial charge on any atom is 0.407 e. The van der Waals surface area contributed by atoms with Gasteiger partial charge in [0.1, 0.15) is 13.2 Å². The molecule has 0 aromatic heterocycles. The molecule has 5 heterocycles. The molecule has 15 heteroatoms. The summed E-state index contributed by atoms with van der Waals surface area (Å²) < 4.78 is 7.88. The second-order valence-corrected chi connectivity index (χ2v) is 18.5. The number of carbonyl (C=O) groups excluding carboxylic acids is 2. The fourth-order valence-electron chi connectivity index (χ4n) is 10.3. The van der Waals surface area contributed by atoms with Crippen LogP contribution in [0.25, 0.3) is 0 Å². The van der Waals surface area contributed by atoms with Crippen LogP contribution >= 0.6 is 0 Å². The number of ether oxygens (including phenoxy) is 1. The van der Waals surface area contributed by atoms with Gasteiger partial charge in [0.05, 0.1) is 17.5 Å². The first kappa shape index (κ1) is 45.4. The highest BCUT2D eigenvalue weighted by atomic mass is 16.5. The van der Waals surface area contributed by atoms with Crippen LogP contribution in [-0.2, 0) is 20.4 Å². The van der Waals surface area contributed by atoms with Crippen LogP contribution in [0.2, 0.25) is 0 Å². The summed E-state index contributed by atoms with van der Waals surface area (Å²) in [7, 11) is 2.14. The lowest BCUT2D eigenvalue weighted by atomic mass is 9.81. The molecule has 5 aliphatic rings. The Hall–Kier alpha value is -5.67. The van der Waals surface area contributed by atoms with E-state index >= 15 is 0 Å². The molecule has 15 nitrogen and oxygen atoms in total. The number of guanidine groups is 2. The highest BCUT2D eigenvalue weighted by molar-refractivity contribution is 6.03. The first-order valence-corrected chi connectivity index (χ1v) is 22.6. The fourth-order valence-corrected chi connectivity index (χ4v) is 10.3. The number of para-hydroxylation sites is 2. The van der Waals surface area contributed by atoms with E-state index in [1.807, 2.05) is 0 Å². The van der Waals surface area contributed by atoms with Crippen LogP contribution in [0.1, 0.15) is 96.6 Å². The lowest BCUT2D eigenvalue weighted by Crippen LogP contribution is -2.80. The molecule has 0 radical (unpaired) electrons. The molecule has 0 aliphatic carbocycles. The Morgan fingerprint density at radius 3 is 2.33 bits per heavy atom. The first-order chi connectivity index (χ1) is 30.1. The van der Waals surface area contributed by atoms with Crippen LogP contribution in [0.5, 0.6) is 0 Å². The third kappa shape index (κ3) is 8.95. The summed E-state index contributed by atoms with van der Waals surface area (Å²) in [6.07, 6.45) is 17.0. The predicted octanol–water partition coefficient (Wildman–Crippen LogP) is 4.94. The number of benzene rings is 2. The van der Waals surface area contributed by atoms with E-state index in [2.05, 4.69) is 150 Å². The zero-order valence-corrected chi connectivity index (χ0v) is 37.5. The largest absolute Gasteiger partial charge is 0.447 e. The van der Waals surface area contributed by atoms with E-state index < -0.39 is 29.6 Å². The standard InChI is InChI=1S/C48H66N10O5/c1-45(2)33-20-13-15-22-36(33)56(5)38(45)24-10-8-11-25-39-46(3,4)34-21-14-16-23-37(34)57(39)30-19-9-12-26-40(59)51-28-17-6-7-18-29-52-44(60)63-32-35-41-48(55-42(49)54-41)47(61,62)27-31-58(48)43(50)53-35/h8,10-11,13-16,20-25,35,41,61-62H,6-7,9,12,17-19,26-32H2,1-5H3,(H6-,49,50,51,52,53,54,55,59,60)/p+1/t35-,41-,48-/m0/s1. The lowest BCUT2D eigenvalue weighted by Gasteiger charge is -2.51. The number of nitrogens with zero attached hydrogens (tertiary/aromatic N) is 3. The third-order valence-electron chi connectivity index (χ3n) is 13.6. The van der Waals surface area contributed by atoms with E-state index in [9.17, 15) is 19.8 Å². The van der Waals surface area contributed by atoms with Gasteiger partial charge < -0.3 is 51.3 Å². The van der Waals surface area contributed by atoms with Crippen molar-refractivity contribution in [2.24, 2.45) is 0 Å². The second-order valence-electron chi connectivity index (χ2n) is 18.5. The van der Waals surface area contributed by atoms with Crippen molar-refractivity contribution >= 4 is 41.0 Å². The number of nitrogens with one attached hydrogen (secondary N) is 7. The van der Waals surface area contributed by atoms with Crippen LogP contribution in [0, 0.1) is 10.8 Å². The van der Waals surface area contributed by atoms with E-state index in [0.717, 1.165) is 51.5 Å². The van der Waals surface area contributed by atoms with E-state index in [0.29, 0.717) is 19.5 Å². The highest BCUT2D eigenvalue weighted by Gasteiger charge is 2.70. The summed E-state index contributed by atoms with van der Waals surface area (Å²) in [5, 5.41) is 52.5. The number of unbranched alkanes of at least 4 members (excludes halogenated alkanes) is 5. The summed E-state index contributed by atoms with van der Waals surface area (Å²) in [6, 6.07) is 15.9. The molecule has 63 heavy (non-hydrogen) atoms. The first-order valence-electron chi connectivity index (χ1n) is 22.6. The summed E-state index contributed by atoms with van der Waals surface area (Å²) in [4.78, 5) is 28.9. The van der Waals surface area contributed by atoms with Crippen LogP contribution in [0.3, 0.4) is 0 Å². The van der Waals surface area contributed by atoms with Gasteiger partial charge in [-0.2, -0.15) is 4.58 Å². The maximum absolute atomic E-state index is 12.6. The van der Waals surface area contributed by atoms with E-state index in [1.165, 1.54) is 38.8 Å². The smallest absolute Gasteiger partial charge is 0.407 e. The Morgan fingerprint density at radius 1 is 0.873 bits per heavy atom. The molecule has 0 saturated carbocycles. The number of alkyl carbamates (subject to hydrolysis) is 1. The van der Waals surface area contributed by atoms with Crippen molar-refractivity contribution < 1.29 is 29.1 Å². The molecule has 3 fully saturated rings. The van der Waals surface area contributed by atoms with E-state index in [1.54, 1.807) is 0 Å². The normalized spacial score (nSPS) is 24.3. The molecule has 2 aromatic carbocycles. The van der Waals surface area contributed by atoms with Crippen molar-refractivity contribution in [2.75, 3.05) is 44.7 Å². The van der Waals surface area contributed by atoms with Gasteiger partial charge in [-0.05, 0) is 57.2 Å². The number of anilines is 1. The number of fused-ring (bicyclic) bond motifs is 2. The summed E-state index contributed by atoms with van der Waals surface area (Å²) in [6.45, 7) is 11.2. The lowest BCUT2D eigenvalue weighted by molar-refractivity contribution is -0.438. The van der Waals surface area contributed by atoms with Gasteiger partial charge >= 0.3 is 6.09 Å². The number of carbonyl (C=O) groups is 2. The summed E-state index contributed by atoms with van der Waals surface area (Å²) in [5.41, 5.74) is 6.07. The zero-order chi connectivity index (χ0) is 45.0. The highest BCUT2D eigenvalue weighted by Crippen LogP contribution is 2.47. The van der Waals surface area contributed by atoms with Gasteiger partial charge in [0, 0.05) is 80.4 Å². The van der Waals surface area contributed by atoms with Gasteiger partial charge in [0.2, 0.25) is 17.4 Å². The molecule has 3 atom stereocenters. The minimum atomic E-state index is -2.19. The molecule has 9 N–H and O–H groups in total. The Balaban J connectivity index is 0.774. The Bertz CT molecular complexity index is 2190. The molecule has 0 unspecified atom stereocenters. The fraction of sp³-hybridized carbons (Fsp3) is 0.521. The average Bonchev–Trinajstić information content (AvgIpc) is 3.88. The molecular formula is C48H67N10O5+. The minimum absolute atomic E-state index is 0.00344. The molecule has 2 amide bonds. The molecule has 2 aromatic rings. The quantitative estimate of drug-likeness (QED) is 0.0428. The Labute approximate surface area is 371 Å². The topological polar surface area (TPSA) is 201 Å². The van der Waals surface area contributed by atoms with Crippen molar-refractivity contribution in [3.8, 4) is 0 Å². The summed E-state index contributed by atoms with van der Waals surface area (Å²) >= 11 is 0. The maximum atomic E-state index is 12.6. The molecule has 7 rings (SSSR count). The summed E-state index contributed by atoms with van der Waals surface area (Å²) in [5.74, 6) is -2.23. The monoisotopic (exact) mass is 864 g/mol. The van der Waals surface area contributed by atoms with Gasteiger partial charge in [0.15, 0.2) is 23.3 Å². The number of rotatable bonds is 18. The van der Waals surface area contributed by atoms with Gasteiger partial charge in [-0.1, -0.05) is 81.3 Å². The molecule has 0 bridgehead atoms. The molecule has 5 aliphatic heterocycles. The zero-order valence-electron chi connectivity index (χ0n) is 37.5. The van der Waals surface area contributed by atoms with Gasteiger partial charge in [-0.3, -0.25) is 15.6 Å². The van der Waals surface area contributed by atoms with Crippen molar-refractivity contribution in [1.82, 2.24) is 31.5 Å². The van der Waals surface area contributed by atoms with Crippen molar-refractivity contribution in [3.05, 3.63) is 95.7 Å². The SMILES string of the molecule is CN1\C(=C/C=C/C=C/C2=[N+](CCCCCC(=O)NCCCCCCNC(=O)OC[C@@H]3NC(=N)N4CCC(O)(O)[C@@]45NC(=N)N[C@@H]35)c3ccccc3C2(C)C)C(C)(C)c2ccccc21. The van der Waals surface area contributed by atoms with Gasteiger partial charge in [-0.25, -0.2) is 4.79 Å². The molecule has 3 saturated heterocycles. The van der Waals surface area contributed by atoms with Crippen molar-refractivity contribution in [1.29, 1.82) is 10.8 Å². The van der Waals surface area contributed by atoms with E-state index in [-0.39, 0.29) is 48.2 Å². The van der Waals surface area contributed by atoms with Crippen molar-refractivity contribution in [3.63, 3.8) is 0 Å². The average molecular weight is 864 g/mol. The molecule has 1 spiro atoms. The Kier molecular flexibility index (Phi) is 13.4. The Morgan fingerprint density at radius 2 is 1.57 bits per heavy atom. The van der Waals surface area contributed by atoms with Gasteiger partial charge in [-0.15, -0.1) is 0 Å². The number of amides is 2. The number of hydrogen-bond acceptors (Lipinski definition) is 8. The van der Waals surface area contributed by atoms with Crippen LogP contribution < -0.4 is 31.5 Å². The van der Waals surface area contributed by atoms with Crippen LogP contribution in [0.15, 0.2) is 84.6 Å². The van der Waals surface area contributed by atoms with Crippen LogP contribution in [-0.4, -0.2) is 113 Å². The molecule has 338 valence electrons. The number of allylic oxidation sites excluding steroid dienone is 6. The third-order valence-corrected chi connectivity index (χ3v) is 13.6. The van der Waals surface area contributed by atoms with E-state index in [4.69, 9.17) is 15.6 Å². The van der Waals surface area contributed by atoms with Crippen LogP contribution in [0.4, 0.5) is 16.2 Å².